The van der Waals surface area contributed by atoms with Crippen molar-refractivity contribution >= 4 is 23.5 Å². The second kappa shape index (κ2) is 6.67. The van der Waals surface area contributed by atoms with E-state index in [1.807, 2.05) is 0 Å². The minimum atomic E-state index is -1.17. The van der Waals surface area contributed by atoms with Crippen LogP contribution in [0.1, 0.15) is 16.8 Å². The summed E-state index contributed by atoms with van der Waals surface area (Å²) in [4.78, 5) is 35.6. The fraction of sp³-hybridized carbons (Fsp3) is 0.308. The normalized spacial score (nSPS) is 11.6. The van der Waals surface area contributed by atoms with Crippen LogP contribution < -0.4 is 11.1 Å². The lowest BCUT2D eigenvalue weighted by molar-refractivity contribution is -0.138. The first-order valence-corrected chi connectivity index (χ1v) is 5.92. The van der Waals surface area contributed by atoms with Gasteiger partial charge in [-0.05, 0) is 12.1 Å². The van der Waals surface area contributed by atoms with Gasteiger partial charge >= 0.3 is 5.97 Å². The number of carboxylic acid groups (broad SMARTS) is 1. The van der Waals surface area contributed by atoms with E-state index in [-0.39, 0.29) is 5.91 Å². The number of para-hydroxylation sites is 1. The largest absolute Gasteiger partial charge is 0.481 e. The number of anilines is 1. The molecule has 0 bridgehead atoms. The number of aliphatic carboxylic acids is 1. The molecule has 0 spiro atoms. The molecule has 0 aromatic heterocycles. The van der Waals surface area contributed by atoms with Crippen LogP contribution in [-0.4, -0.2) is 47.9 Å². The van der Waals surface area contributed by atoms with Crippen molar-refractivity contribution in [3.05, 3.63) is 29.8 Å². The standard InChI is InChI=1S/C13H17N3O4/c1-16(2)13(20)8-5-3-4-6-10(8)15-12(19)9(14)7-11(17)18/h3-6,9H,7,14H2,1-2H3,(H,15,19)(H,17,18). The summed E-state index contributed by atoms with van der Waals surface area (Å²) < 4.78 is 0. The predicted octanol–water partition coefficient (Wildman–Crippen LogP) is 0.129. The first kappa shape index (κ1) is 15.6. The van der Waals surface area contributed by atoms with E-state index in [1.165, 1.54) is 4.90 Å². The molecule has 0 aliphatic rings. The summed E-state index contributed by atoms with van der Waals surface area (Å²) in [6, 6.07) is 5.28. The number of carbonyl (C=O) groups excluding carboxylic acids is 2. The van der Waals surface area contributed by atoms with Crippen LogP contribution in [0.15, 0.2) is 24.3 Å². The van der Waals surface area contributed by atoms with Crippen LogP contribution in [0.3, 0.4) is 0 Å². The maximum Gasteiger partial charge on any atom is 0.305 e. The van der Waals surface area contributed by atoms with Crippen LogP contribution in [-0.2, 0) is 9.59 Å². The van der Waals surface area contributed by atoms with Gasteiger partial charge in [-0.25, -0.2) is 0 Å². The Balaban J connectivity index is 2.90. The van der Waals surface area contributed by atoms with Gasteiger partial charge in [0.1, 0.15) is 0 Å². The van der Waals surface area contributed by atoms with E-state index in [0.717, 1.165) is 0 Å². The van der Waals surface area contributed by atoms with Gasteiger partial charge < -0.3 is 21.1 Å². The number of hydrogen-bond acceptors (Lipinski definition) is 4. The molecule has 7 heteroatoms. The highest BCUT2D eigenvalue weighted by Gasteiger charge is 2.20. The molecule has 0 radical (unpaired) electrons. The summed E-state index contributed by atoms with van der Waals surface area (Å²) >= 11 is 0. The summed E-state index contributed by atoms with van der Waals surface area (Å²) in [6.45, 7) is 0. The Morgan fingerprint density at radius 2 is 1.90 bits per heavy atom. The average Bonchev–Trinajstić information content (AvgIpc) is 2.37. The zero-order valence-corrected chi connectivity index (χ0v) is 11.3. The van der Waals surface area contributed by atoms with E-state index in [0.29, 0.717) is 11.3 Å². The Morgan fingerprint density at radius 3 is 2.45 bits per heavy atom. The Hall–Kier alpha value is -2.41. The summed E-state index contributed by atoms with van der Waals surface area (Å²) in [6.07, 6.45) is -0.477. The van der Waals surface area contributed by atoms with Crippen molar-refractivity contribution in [3.63, 3.8) is 0 Å². The second-order valence-corrected chi connectivity index (χ2v) is 4.44. The molecule has 1 atom stereocenters. The zero-order valence-electron chi connectivity index (χ0n) is 11.3. The molecule has 0 heterocycles. The highest BCUT2D eigenvalue weighted by molar-refractivity contribution is 6.05. The Morgan fingerprint density at radius 1 is 1.30 bits per heavy atom. The van der Waals surface area contributed by atoms with Crippen LogP contribution in [0, 0.1) is 0 Å². The lowest BCUT2D eigenvalue weighted by Crippen LogP contribution is -2.38. The molecule has 0 saturated heterocycles. The Labute approximate surface area is 116 Å². The predicted molar refractivity (Wildman–Crippen MR) is 73.3 cm³/mol. The van der Waals surface area contributed by atoms with Crippen molar-refractivity contribution in [2.75, 3.05) is 19.4 Å². The van der Waals surface area contributed by atoms with Gasteiger partial charge in [-0.1, -0.05) is 12.1 Å². The van der Waals surface area contributed by atoms with Crippen LogP contribution in [0.25, 0.3) is 0 Å². The van der Waals surface area contributed by atoms with Gasteiger partial charge in [0.25, 0.3) is 5.91 Å². The third-order valence-electron chi connectivity index (χ3n) is 2.55. The van der Waals surface area contributed by atoms with E-state index in [4.69, 9.17) is 10.8 Å². The summed E-state index contributed by atoms with van der Waals surface area (Å²) in [5.74, 6) is -2.08. The fourth-order valence-corrected chi connectivity index (χ4v) is 1.53. The molecule has 1 aromatic rings. The molecule has 0 aliphatic carbocycles. The van der Waals surface area contributed by atoms with Crippen molar-refractivity contribution in [2.45, 2.75) is 12.5 Å². The highest BCUT2D eigenvalue weighted by Crippen LogP contribution is 2.16. The second-order valence-electron chi connectivity index (χ2n) is 4.44. The third kappa shape index (κ3) is 4.06. The van der Waals surface area contributed by atoms with Gasteiger partial charge in [0.05, 0.1) is 23.7 Å². The highest BCUT2D eigenvalue weighted by atomic mass is 16.4. The molecular formula is C13H17N3O4. The molecule has 1 unspecified atom stereocenters. The van der Waals surface area contributed by atoms with Gasteiger partial charge in [0.15, 0.2) is 0 Å². The van der Waals surface area contributed by atoms with Crippen LogP contribution >= 0.6 is 0 Å². The van der Waals surface area contributed by atoms with E-state index in [9.17, 15) is 14.4 Å². The molecule has 1 aromatic carbocycles. The van der Waals surface area contributed by atoms with Crippen molar-refractivity contribution in [1.29, 1.82) is 0 Å². The number of nitrogens with two attached hydrogens (primary N) is 1. The molecule has 2 amide bonds. The van der Waals surface area contributed by atoms with Crippen molar-refractivity contribution in [3.8, 4) is 0 Å². The number of nitrogens with one attached hydrogen (secondary N) is 1. The molecule has 0 saturated carbocycles. The van der Waals surface area contributed by atoms with E-state index < -0.39 is 24.3 Å². The Bertz CT molecular complexity index is 528. The lowest BCUT2D eigenvalue weighted by atomic mass is 10.1. The number of carbonyl (C=O) groups is 3. The summed E-state index contributed by atoms with van der Waals surface area (Å²) in [5, 5.41) is 11.1. The molecule has 4 N–H and O–H groups in total. The van der Waals surface area contributed by atoms with Gasteiger partial charge in [-0.15, -0.1) is 0 Å². The number of amides is 2. The van der Waals surface area contributed by atoms with Gasteiger partial charge in [0, 0.05) is 14.1 Å². The minimum absolute atomic E-state index is 0.271. The molecule has 1 rings (SSSR count). The van der Waals surface area contributed by atoms with Crippen LogP contribution in [0.2, 0.25) is 0 Å². The van der Waals surface area contributed by atoms with Gasteiger partial charge in [-0.2, -0.15) is 0 Å². The zero-order chi connectivity index (χ0) is 15.3. The summed E-state index contributed by atoms with van der Waals surface area (Å²) in [5.41, 5.74) is 6.08. The van der Waals surface area contributed by atoms with E-state index >= 15 is 0 Å². The average molecular weight is 279 g/mol. The first-order valence-electron chi connectivity index (χ1n) is 5.92. The van der Waals surface area contributed by atoms with Crippen LogP contribution in [0.5, 0.6) is 0 Å². The van der Waals surface area contributed by atoms with Crippen molar-refractivity contribution < 1.29 is 19.5 Å². The maximum atomic E-state index is 11.9. The van der Waals surface area contributed by atoms with Crippen LogP contribution in [0.4, 0.5) is 5.69 Å². The molecular weight excluding hydrogens is 262 g/mol. The fourth-order valence-electron chi connectivity index (χ4n) is 1.53. The topological polar surface area (TPSA) is 113 Å². The molecule has 0 aliphatic heterocycles. The lowest BCUT2D eigenvalue weighted by Gasteiger charge is -2.16. The maximum absolute atomic E-state index is 11.9. The quantitative estimate of drug-likeness (QED) is 0.709. The van der Waals surface area contributed by atoms with E-state index in [2.05, 4.69) is 5.32 Å². The number of nitrogens with zero attached hydrogens (tertiary/aromatic N) is 1. The van der Waals surface area contributed by atoms with Gasteiger partial charge in [-0.3, -0.25) is 14.4 Å². The smallest absolute Gasteiger partial charge is 0.305 e. The molecule has 7 nitrogen and oxygen atoms in total. The number of hydrogen-bond donors (Lipinski definition) is 3. The number of benzene rings is 1. The van der Waals surface area contributed by atoms with Gasteiger partial charge in [0.2, 0.25) is 5.91 Å². The first-order chi connectivity index (χ1) is 9.32. The number of rotatable bonds is 5. The molecule has 0 fully saturated rings. The SMILES string of the molecule is CN(C)C(=O)c1ccccc1NC(=O)C(N)CC(=O)O. The third-order valence-corrected chi connectivity index (χ3v) is 2.55. The van der Waals surface area contributed by atoms with Crippen molar-refractivity contribution in [1.82, 2.24) is 4.90 Å². The number of carboxylic acids is 1. The van der Waals surface area contributed by atoms with E-state index in [1.54, 1.807) is 38.4 Å². The molecule has 20 heavy (non-hydrogen) atoms. The monoisotopic (exact) mass is 279 g/mol. The van der Waals surface area contributed by atoms with Crippen molar-refractivity contribution in [2.24, 2.45) is 5.73 Å². The Kier molecular flexibility index (Phi) is 5.22. The minimum Gasteiger partial charge on any atom is -0.481 e. The summed E-state index contributed by atoms with van der Waals surface area (Å²) in [7, 11) is 3.19. The molecule has 108 valence electrons.